The molecule has 2 nitrogen and oxygen atoms in total. The van der Waals surface area contributed by atoms with E-state index in [1.807, 2.05) is 0 Å². The molecule has 1 atom stereocenters. The largest absolute Gasteiger partial charge is 0.224 e. The van der Waals surface area contributed by atoms with E-state index in [4.69, 9.17) is 0 Å². The average molecular weight is 206 g/mol. The van der Waals surface area contributed by atoms with Gasteiger partial charge in [-0.1, -0.05) is 26.8 Å². The van der Waals surface area contributed by atoms with Crippen molar-refractivity contribution in [3.63, 3.8) is 0 Å². The second-order valence-corrected chi connectivity index (χ2v) is 7.92. The summed E-state index contributed by atoms with van der Waals surface area (Å²) in [6.07, 6.45) is 1.78. The van der Waals surface area contributed by atoms with Crippen molar-refractivity contribution in [1.82, 2.24) is 0 Å². The lowest BCUT2D eigenvalue weighted by atomic mass is 10.3. The van der Waals surface area contributed by atoms with Gasteiger partial charge in [0, 0.05) is 15.4 Å². The van der Waals surface area contributed by atoms with Crippen LogP contribution in [0.1, 0.15) is 20.8 Å². The van der Waals surface area contributed by atoms with E-state index >= 15 is 0 Å². The zero-order valence-electron chi connectivity index (χ0n) is 7.57. The highest BCUT2D eigenvalue weighted by atomic mass is 32.2. The molecule has 0 aromatic heterocycles. The van der Waals surface area contributed by atoms with Crippen LogP contribution in [-0.4, -0.2) is 24.2 Å². The Morgan fingerprint density at radius 2 is 2.00 bits per heavy atom. The van der Waals surface area contributed by atoms with Gasteiger partial charge < -0.3 is 0 Å². The van der Waals surface area contributed by atoms with Gasteiger partial charge in [0.1, 0.15) is 0 Å². The Morgan fingerprint density at radius 1 is 1.42 bits per heavy atom. The van der Waals surface area contributed by atoms with E-state index in [1.165, 1.54) is 5.41 Å². The number of hydrogen-bond acceptors (Lipinski definition) is 3. The van der Waals surface area contributed by atoms with Crippen LogP contribution in [0.3, 0.4) is 0 Å². The molecule has 1 aliphatic rings. The van der Waals surface area contributed by atoms with Crippen LogP contribution in [-0.2, 0) is 9.84 Å². The minimum Gasteiger partial charge on any atom is -0.224 e. The summed E-state index contributed by atoms with van der Waals surface area (Å²) in [4.78, 5) is 0. The lowest BCUT2D eigenvalue weighted by molar-refractivity contribution is 0.606. The first-order chi connectivity index (χ1) is 5.29. The second-order valence-electron chi connectivity index (χ2n) is 3.93. The molecule has 0 aromatic carbocycles. The number of rotatable bonds is 1. The zero-order chi connectivity index (χ0) is 9.41. The standard InChI is InChI=1S/C8H14O2S2/c1-8(2,3)11-7-4-5-12(9,10)6-7/h4-5,7H,6H2,1-3H3. The Hall–Kier alpha value is 0.0400. The molecular formula is C8H14O2S2. The molecule has 0 aromatic rings. The minimum atomic E-state index is -2.87. The summed E-state index contributed by atoms with van der Waals surface area (Å²) >= 11 is 1.70. The molecule has 12 heavy (non-hydrogen) atoms. The molecule has 1 heterocycles. The van der Waals surface area contributed by atoms with E-state index in [-0.39, 0.29) is 15.7 Å². The summed E-state index contributed by atoms with van der Waals surface area (Å²) in [7, 11) is -2.87. The van der Waals surface area contributed by atoms with Crippen LogP contribution in [0.4, 0.5) is 0 Å². The van der Waals surface area contributed by atoms with Crippen molar-refractivity contribution < 1.29 is 8.42 Å². The zero-order valence-corrected chi connectivity index (χ0v) is 9.21. The maximum absolute atomic E-state index is 11.0. The first-order valence-corrected chi connectivity index (χ1v) is 6.47. The normalized spacial score (nSPS) is 27.8. The molecule has 4 heteroatoms. The van der Waals surface area contributed by atoms with E-state index in [9.17, 15) is 8.42 Å². The van der Waals surface area contributed by atoms with Crippen LogP contribution >= 0.6 is 11.8 Å². The van der Waals surface area contributed by atoms with E-state index in [0.717, 1.165) is 0 Å². The van der Waals surface area contributed by atoms with E-state index in [2.05, 4.69) is 20.8 Å². The van der Waals surface area contributed by atoms with Crippen molar-refractivity contribution in [2.45, 2.75) is 30.8 Å². The molecule has 0 aliphatic carbocycles. The second kappa shape index (κ2) is 3.07. The Balaban J connectivity index is 2.57. The SMILES string of the molecule is CC(C)(C)SC1C=CS(=O)(=O)C1. The first kappa shape index (κ1) is 10.1. The van der Waals surface area contributed by atoms with Gasteiger partial charge in [-0.2, -0.15) is 0 Å². The summed E-state index contributed by atoms with van der Waals surface area (Å²) in [6, 6.07) is 0. The van der Waals surface area contributed by atoms with Crippen molar-refractivity contribution in [3.8, 4) is 0 Å². The molecule has 1 aliphatic heterocycles. The van der Waals surface area contributed by atoms with E-state index in [1.54, 1.807) is 17.8 Å². The fourth-order valence-electron chi connectivity index (χ4n) is 1.07. The number of hydrogen-bond donors (Lipinski definition) is 0. The highest BCUT2D eigenvalue weighted by molar-refractivity contribution is 8.03. The van der Waals surface area contributed by atoms with Gasteiger partial charge in [-0.05, 0) is 0 Å². The summed E-state index contributed by atoms with van der Waals surface area (Å²) in [5, 5.41) is 1.48. The molecule has 0 saturated carbocycles. The third-order valence-corrected chi connectivity index (χ3v) is 4.34. The lowest BCUT2D eigenvalue weighted by Gasteiger charge is -2.20. The predicted molar refractivity (Wildman–Crippen MR) is 54.1 cm³/mol. The quantitative estimate of drug-likeness (QED) is 0.656. The molecule has 0 amide bonds. The summed E-state index contributed by atoms with van der Waals surface area (Å²) in [5.41, 5.74) is 0. The lowest BCUT2D eigenvalue weighted by Crippen LogP contribution is -2.16. The summed E-state index contributed by atoms with van der Waals surface area (Å²) in [5.74, 6) is 0.273. The maximum Gasteiger partial charge on any atom is 0.172 e. The third kappa shape index (κ3) is 3.19. The van der Waals surface area contributed by atoms with Crippen LogP contribution in [0.5, 0.6) is 0 Å². The van der Waals surface area contributed by atoms with Gasteiger partial charge >= 0.3 is 0 Å². The van der Waals surface area contributed by atoms with Gasteiger partial charge in [-0.3, -0.25) is 0 Å². The fourth-order valence-corrected chi connectivity index (χ4v) is 4.19. The molecule has 0 radical (unpaired) electrons. The van der Waals surface area contributed by atoms with Gasteiger partial charge in [0.25, 0.3) is 0 Å². The monoisotopic (exact) mass is 206 g/mol. The molecule has 0 saturated heterocycles. The molecule has 0 fully saturated rings. The van der Waals surface area contributed by atoms with Crippen molar-refractivity contribution in [2.75, 3.05) is 5.75 Å². The van der Waals surface area contributed by atoms with Crippen molar-refractivity contribution in [3.05, 3.63) is 11.5 Å². The Bertz CT molecular complexity index is 283. The van der Waals surface area contributed by atoms with Crippen LogP contribution < -0.4 is 0 Å². The molecular weight excluding hydrogens is 192 g/mol. The molecule has 0 bridgehead atoms. The Morgan fingerprint density at radius 3 is 2.33 bits per heavy atom. The van der Waals surface area contributed by atoms with Crippen LogP contribution in [0.2, 0.25) is 0 Å². The number of sulfone groups is 1. The molecule has 1 rings (SSSR count). The van der Waals surface area contributed by atoms with Crippen LogP contribution in [0, 0.1) is 0 Å². The van der Waals surface area contributed by atoms with Gasteiger partial charge in [-0.15, -0.1) is 11.8 Å². The highest BCUT2D eigenvalue weighted by Gasteiger charge is 2.26. The molecule has 70 valence electrons. The van der Waals surface area contributed by atoms with Crippen molar-refractivity contribution in [1.29, 1.82) is 0 Å². The topological polar surface area (TPSA) is 34.1 Å². The first-order valence-electron chi connectivity index (χ1n) is 3.87. The minimum absolute atomic E-state index is 0.134. The Kier molecular flexibility index (Phi) is 2.59. The molecule has 1 unspecified atom stereocenters. The van der Waals surface area contributed by atoms with Gasteiger partial charge in [0.05, 0.1) is 5.75 Å². The fraction of sp³-hybridized carbons (Fsp3) is 0.750. The van der Waals surface area contributed by atoms with Crippen molar-refractivity contribution >= 4 is 21.6 Å². The molecule has 0 N–H and O–H groups in total. The average Bonchev–Trinajstić information content (AvgIpc) is 2.05. The summed E-state index contributed by atoms with van der Waals surface area (Å²) in [6.45, 7) is 6.28. The third-order valence-electron chi connectivity index (χ3n) is 1.40. The van der Waals surface area contributed by atoms with Crippen LogP contribution in [0.25, 0.3) is 0 Å². The van der Waals surface area contributed by atoms with E-state index < -0.39 is 9.84 Å². The number of thioether (sulfide) groups is 1. The predicted octanol–water partition coefficient (Wildman–Crippen LogP) is 1.83. The van der Waals surface area contributed by atoms with Crippen LogP contribution in [0.15, 0.2) is 11.5 Å². The highest BCUT2D eigenvalue weighted by Crippen LogP contribution is 2.32. The molecule has 0 spiro atoms. The Labute approximate surface area is 78.3 Å². The van der Waals surface area contributed by atoms with Gasteiger partial charge in [-0.25, -0.2) is 8.42 Å². The summed E-state index contributed by atoms with van der Waals surface area (Å²) < 4.78 is 22.2. The van der Waals surface area contributed by atoms with Gasteiger partial charge in [0.15, 0.2) is 9.84 Å². The van der Waals surface area contributed by atoms with E-state index in [0.29, 0.717) is 0 Å². The smallest absolute Gasteiger partial charge is 0.172 e. The van der Waals surface area contributed by atoms with Crippen molar-refractivity contribution in [2.24, 2.45) is 0 Å². The van der Waals surface area contributed by atoms with Gasteiger partial charge in [0.2, 0.25) is 0 Å². The maximum atomic E-state index is 11.0.